The van der Waals surface area contributed by atoms with E-state index in [0.717, 1.165) is 6.54 Å². The van der Waals surface area contributed by atoms with Crippen LogP contribution in [0.3, 0.4) is 0 Å². The van der Waals surface area contributed by atoms with E-state index in [9.17, 15) is 4.39 Å². The van der Waals surface area contributed by atoms with Gasteiger partial charge in [0, 0.05) is 30.3 Å². The maximum absolute atomic E-state index is 13.9. The summed E-state index contributed by atoms with van der Waals surface area (Å²) in [5.74, 6) is -0.415. The van der Waals surface area contributed by atoms with Crippen molar-refractivity contribution in [3.63, 3.8) is 0 Å². The largest absolute Gasteiger partial charge is 0.384 e. The average molecular weight is 251 g/mol. The Morgan fingerprint density at radius 3 is 3.00 bits per heavy atom. The lowest BCUT2D eigenvalue weighted by atomic mass is 10.1. The number of morpholine rings is 1. The van der Waals surface area contributed by atoms with Crippen LogP contribution in [0.4, 0.5) is 4.39 Å². The molecule has 98 valence electrons. The molecule has 1 heterocycles. The van der Waals surface area contributed by atoms with Crippen LogP contribution in [0.2, 0.25) is 0 Å². The van der Waals surface area contributed by atoms with E-state index in [4.69, 9.17) is 15.9 Å². The molecule has 1 atom stereocenters. The van der Waals surface area contributed by atoms with Crippen LogP contribution >= 0.6 is 0 Å². The van der Waals surface area contributed by atoms with Crippen LogP contribution in [0.5, 0.6) is 0 Å². The molecule has 1 unspecified atom stereocenters. The Bertz CT molecular complexity index is 450. The summed E-state index contributed by atoms with van der Waals surface area (Å²) < 4.78 is 19.2. The maximum atomic E-state index is 13.9. The van der Waals surface area contributed by atoms with Crippen molar-refractivity contribution in [3.8, 4) is 0 Å². The quantitative estimate of drug-likeness (QED) is 0.629. The molecule has 5 heteroatoms. The first-order valence-electron chi connectivity index (χ1n) is 6.02. The van der Waals surface area contributed by atoms with Crippen molar-refractivity contribution in [2.24, 2.45) is 5.73 Å². The summed E-state index contributed by atoms with van der Waals surface area (Å²) in [7, 11) is 0. The number of hydrogen-bond donors (Lipinski definition) is 2. The molecule has 0 aliphatic carbocycles. The Labute approximate surface area is 106 Å². The fourth-order valence-corrected chi connectivity index (χ4v) is 2.06. The molecule has 2 rings (SSSR count). The van der Waals surface area contributed by atoms with Gasteiger partial charge in [-0.3, -0.25) is 10.3 Å². The first kappa shape index (κ1) is 13.0. The van der Waals surface area contributed by atoms with Crippen molar-refractivity contribution in [1.29, 1.82) is 5.41 Å². The lowest BCUT2D eigenvalue weighted by molar-refractivity contribution is -0.00480. The van der Waals surface area contributed by atoms with Gasteiger partial charge in [-0.05, 0) is 13.0 Å². The van der Waals surface area contributed by atoms with E-state index < -0.39 is 0 Å². The molecule has 0 bridgehead atoms. The van der Waals surface area contributed by atoms with Crippen LogP contribution in [0.25, 0.3) is 0 Å². The predicted octanol–water partition coefficient (Wildman–Crippen LogP) is 1.33. The van der Waals surface area contributed by atoms with Crippen LogP contribution in [0.15, 0.2) is 18.2 Å². The second-order valence-corrected chi connectivity index (χ2v) is 4.61. The highest BCUT2D eigenvalue weighted by Gasteiger charge is 2.20. The summed E-state index contributed by atoms with van der Waals surface area (Å²) in [5.41, 5.74) is 6.38. The summed E-state index contributed by atoms with van der Waals surface area (Å²) in [6.07, 6.45) is 0. The van der Waals surface area contributed by atoms with E-state index in [1.54, 1.807) is 12.1 Å². The molecule has 1 aliphatic rings. The van der Waals surface area contributed by atoms with E-state index in [0.29, 0.717) is 36.9 Å². The number of hydrogen-bond acceptors (Lipinski definition) is 3. The third-order valence-corrected chi connectivity index (χ3v) is 3.24. The molecule has 0 saturated carbocycles. The highest BCUT2D eigenvalue weighted by atomic mass is 19.1. The van der Waals surface area contributed by atoms with Crippen LogP contribution in [-0.2, 0) is 11.3 Å². The van der Waals surface area contributed by atoms with Crippen molar-refractivity contribution in [3.05, 3.63) is 35.1 Å². The molecule has 0 amide bonds. The molecular formula is C13H18FN3O. The third-order valence-electron chi connectivity index (χ3n) is 3.24. The predicted molar refractivity (Wildman–Crippen MR) is 68.1 cm³/mol. The Morgan fingerprint density at radius 1 is 1.61 bits per heavy atom. The van der Waals surface area contributed by atoms with Gasteiger partial charge in [0.2, 0.25) is 0 Å². The lowest BCUT2D eigenvalue weighted by Crippen LogP contribution is -2.43. The molecule has 4 nitrogen and oxygen atoms in total. The van der Waals surface area contributed by atoms with Crippen molar-refractivity contribution in [2.75, 3.05) is 19.8 Å². The lowest BCUT2D eigenvalue weighted by Gasteiger charge is -2.33. The minimum Gasteiger partial charge on any atom is -0.384 e. The average Bonchev–Trinajstić information content (AvgIpc) is 2.34. The number of halogens is 1. The monoisotopic (exact) mass is 251 g/mol. The fourth-order valence-electron chi connectivity index (χ4n) is 2.06. The number of benzene rings is 1. The molecule has 0 aromatic heterocycles. The topological polar surface area (TPSA) is 62.3 Å². The van der Waals surface area contributed by atoms with Gasteiger partial charge >= 0.3 is 0 Å². The Hall–Kier alpha value is -1.46. The summed E-state index contributed by atoms with van der Waals surface area (Å²) in [5, 5.41) is 7.27. The number of amidine groups is 1. The zero-order valence-electron chi connectivity index (χ0n) is 10.4. The van der Waals surface area contributed by atoms with E-state index >= 15 is 0 Å². The number of nitrogens with one attached hydrogen (secondary N) is 1. The van der Waals surface area contributed by atoms with Crippen LogP contribution < -0.4 is 5.73 Å². The van der Waals surface area contributed by atoms with Gasteiger partial charge in [-0.15, -0.1) is 0 Å². The van der Waals surface area contributed by atoms with Crippen LogP contribution in [0, 0.1) is 11.2 Å². The first-order valence-corrected chi connectivity index (χ1v) is 6.02. The van der Waals surface area contributed by atoms with Crippen molar-refractivity contribution >= 4 is 5.84 Å². The van der Waals surface area contributed by atoms with Gasteiger partial charge in [-0.1, -0.05) is 12.1 Å². The highest BCUT2D eigenvalue weighted by Crippen LogP contribution is 2.16. The minimum atomic E-state index is -0.304. The van der Waals surface area contributed by atoms with Gasteiger partial charge in [0.25, 0.3) is 0 Å². The van der Waals surface area contributed by atoms with Gasteiger partial charge in [0.1, 0.15) is 11.7 Å². The Balaban J connectivity index is 2.11. The zero-order chi connectivity index (χ0) is 13.1. The maximum Gasteiger partial charge on any atom is 0.128 e. The van der Waals surface area contributed by atoms with Gasteiger partial charge in [0.05, 0.1) is 13.2 Å². The zero-order valence-corrected chi connectivity index (χ0v) is 10.4. The van der Waals surface area contributed by atoms with Crippen LogP contribution in [-0.4, -0.2) is 36.5 Å². The normalized spacial score (nSPS) is 20.9. The summed E-state index contributed by atoms with van der Waals surface area (Å²) >= 11 is 0. The van der Waals surface area contributed by atoms with E-state index in [-0.39, 0.29) is 11.7 Å². The van der Waals surface area contributed by atoms with E-state index in [1.165, 1.54) is 6.07 Å². The Morgan fingerprint density at radius 2 is 2.39 bits per heavy atom. The van der Waals surface area contributed by atoms with Crippen molar-refractivity contribution < 1.29 is 9.13 Å². The van der Waals surface area contributed by atoms with Crippen molar-refractivity contribution in [2.45, 2.75) is 19.5 Å². The molecule has 1 aromatic rings. The van der Waals surface area contributed by atoms with E-state index in [1.807, 2.05) is 0 Å². The molecular weight excluding hydrogens is 233 g/mol. The summed E-state index contributed by atoms with van der Waals surface area (Å²) in [4.78, 5) is 2.19. The SMILES string of the molecule is CC1COCCN1Cc1ccc(C(=N)N)cc1F. The minimum absolute atomic E-state index is 0.111. The molecule has 3 N–H and O–H groups in total. The van der Waals surface area contributed by atoms with E-state index in [2.05, 4.69) is 11.8 Å². The van der Waals surface area contributed by atoms with Gasteiger partial charge < -0.3 is 10.5 Å². The number of nitrogens with zero attached hydrogens (tertiary/aromatic N) is 1. The summed E-state index contributed by atoms with van der Waals surface area (Å²) in [6, 6.07) is 5.01. The second kappa shape index (κ2) is 5.46. The molecule has 1 saturated heterocycles. The second-order valence-electron chi connectivity index (χ2n) is 4.61. The smallest absolute Gasteiger partial charge is 0.128 e. The number of ether oxygens (including phenoxy) is 1. The third kappa shape index (κ3) is 2.86. The molecule has 1 aromatic carbocycles. The number of nitrogen functional groups attached to an aromatic ring is 1. The number of nitrogens with two attached hydrogens (primary N) is 1. The standard InChI is InChI=1S/C13H18FN3O/c1-9-8-18-5-4-17(9)7-11-3-2-10(13(15)16)6-12(11)14/h2-3,6,9H,4-5,7-8H2,1H3,(H3,15,16). The van der Waals surface area contributed by atoms with Gasteiger partial charge in [0.15, 0.2) is 0 Å². The fraction of sp³-hybridized carbons (Fsp3) is 0.462. The number of rotatable bonds is 3. The molecule has 1 fully saturated rings. The van der Waals surface area contributed by atoms with Crippen LogP contribution in [0.1, 0.15) is 18.1 Å². The van der Waals surface area contributed by atoms with Crippen molar-refractivity contribution in [1.82, 2.24) is 4.90 Å². The molecule has 18 heavy (non-hydrogen) atoms. The summed E-state index contributed by atoms with van der Waals surface area (Å²) in [6.45, 7) is 4.83. The Kier molecular flexibility index (Phi) is 3.93. The van der Waals surface area contributed by atoms with Gasteiger partial charge in [-0.25, -0.2) is 4.39 Å². The molecule has 1 aliphatic heterocycles. The molecule has 0 radical (unpaired) electrons. The highest BCUT2D eigenvalue weighted by molar-refractivity contribution is 5.94. The first-order chi connectivity index (χ1) is 8.58. The van der Waals surface area contributed by atoms with Gasteiger partial charge in [-0.2, -0.15) is 0 Å². The molecule has 0 spiro atoms.